The van der Waals surface area contributed by atoms with Crippen LogP contribution in [0.4, 0.5) is 5.69 Å². The van der Waals surface area contributed by atoms with E-state index in [1.807, 2.05) is 0 Å². The maximum Gasteiger partial charge on any atom is 0.335 e. The van der Waals surface area contributed by atoms with Gasteiger partial charge in [0.15, 0.2) is 0 Å². The van der Waals surface area contributed by atoms with Crippen LogP contribution in [0, 0.1) is 0 Å². The summed E-state index contributed by atoms with van der Waals surface area (Å²) in [5.41, 5.74) is 6.39. The molecule has 1 aromatic rings. The van der Waals surface area contributed by atoms with Crippen LogP contribution in [-0.4, -0.2) is 22.5 Å². The lowest BCUT2D eigenvalue weighted by molar-refractivity contribution is -0.117. The Morgan fingerprint density at radius 3 is 2.63 bits per heavy atom. The molecule has 1 aliphatic rings. The fraction of sp³-hybridized carbons (Fsp3) is 0.429. The van der Waals surface area contributed by atoms with Gasteiger partial charge in [0.2, 0.25) is 5.91 Å². The number of hydrogen-bond donors (Lipinski definition) is 3. The molecule has 1 saturated carbocycles. The van der Waals surface area contributed by atoms with Crippen molar-refractivity contribution in [1.29, 1.82) is 0 Å². The molecule has 0 radical (unpaired) electrons. The lowest BCUT2D eigenvalue weighted by atomic mass is 9.94. The predicted molar refractivity (Wildman–Crippen MR) is 72.0 cm³/mol. The van der Waals surface area contributed by atoms with Crippen LogP contribution in [0.25, 0.3) is 0 Å². The minimum Gasteiger partial charge on any atom is -0.478 e. The number of anilines is 1. The van der Waals surface area contributed by atoms with Gasteiger partial charge in [-0.25, -0.2) is 4.79 Å². The quantitative estimate of drug-likeness (QED) is 0.773. The number of carbonyl (C=O) groups is 2. The third-order valence-electron chi connectivity index (χ3n) is 3.51. The van der Waals surface area contributed by atoms with Crippen molar-refractivity contribution in [2.75, 3.05) is 5.32 Å². The highest BCUT2D eigenvalue weighted by Gasteiger charge is 2.31. The Balaban J connectivity index is 1.98. The number of carbonyl (C=O) groups excluding carboxylic acids is 1. The van der Waals surface area contributed by atoms with Crippen molar-refractivity contribution in [3.8, 4) is 0 Å². The maximum atomic E-state index is 11.9. The van der Waals surface area contributed by atoms with Crippen molar-refractivity contribution in [3.63, 3.8) is 0 Å². The van der Waals surface area contributed by atoms with E-state index in [1.165, 1.54) is 12.1 Å². The molecule has 1 fully saturated rings. The molecule has 5 nitrogen and oxygen atoms in total. The molecule has 0 bridgehead atoms. The average molecular weight is 262 g/mol. The summed E-state index contributed by atoms with van der Waals surface area (Å²) in [6.45, 7) is 0. The number of carboxylic acid groups (broad SMARTS) is 1. The van der Waals surface area contributed by atoms with Gasteiger partial charge in [-0.15, -0.1) is 0 Å². The molecule has 0 unspecified atom stereocenters. The van der Waals surface area contributed by atoms with Crippen LogP contribution in [0.5, 0.6) is 0 Å². The van der Waals surface area contributed by atoms with Crippen molar-refractivity contribution < 1.29 is 14.7 Å². The van der Waals surface area contributed by atoms with E-state index in [1.54, 1.807) is 12.1 Å². The van der Waals surface area contributed by atoms with Gasteiger partial charge < -0.3 is 16.2 Å². The smallest absolute Gasteiger partial charge is 0.335 e. The Kier molecular flexibility index (Phi) is 3.85. The zero-order chi connectivity index (χ0) is 13.9. The van der Waals surface area contributed by atoms with Crippen LogP contribution in [0.2, 0.25) is 0 Å². The maximum absolute atomic E-state index is 11.9. The molecule has 2 rings (SSSR count). The summed E-state index contributed by atoms with van der Waals surface area (Å²) in [5.74, 6) is -1.17. The molecule has 0 atom stereocenters. The molecule has 0 aromatic heterocycles. The Morgan fingerprint density at radius 2 is 2.00 bits per heavy atom. The number of rotatable bonds is 4. The summed E-state index contributed by atoms with van der Waals surface area (Å²) in [6.07, 6.45) is 4.16. The highest BCUT2D eigenvalue weighted by molar-refractivity contribution is 5.94. The van der Waals surface area contributed by atoms with Gasteiger partial charge in [0.1, 0.15) is 0 Å². The topological polar surface area (TPSA) is 92.4 Å². The van der Waals surface area contributed by atoms with Gasteiger partial charge in [0, 0.05) is 17.6 Å². The van der Waals surface area contributed by atoms with Gasteiger partial charge in [-0.2, -0.15) is 0 Å². The molecule has 0 spiro atoms. The van der Waals surface area contributed by atoms with Crippen LogP contribution >= 0.6 is 0 Å². The van der Waals surface area contributed by atoms with Crippen LogP contribution in [0.1, 0.15) is 42.5 Å². The number of benzene rings is 1. The standard InChI is InChI=1S/C14H18N2O3/c15-14(6-1-2-7-14)9-12(17)16-11-5-3-4-10(8-11)13(18)19/h3-5,8H,1-2,6-7,9,15H2,(H,16,17)(H,18,19). The van der Waals surface area contributed by atoms with E-state index in [0.29, 0.717) is 5.69 Å². The second kappa shape index (κ2) is 5.40. The fourth-order valence-electron chi connectivity index (χ4n) is 2.51. The van der Waals surface area contributed by atoms with E-state index >= 15 is 0 Å². The summed E-state index contributed by atoms with van der Waals surface area (Å²) in [7, 11) is 0. The summed E-state index contributed by atoms with van der Waals surface area (Å²) >= 11 is 0. The number of aromatic carboxylic acids is 1. The highest BCUT2D eigenvalue weighted by Crippen LogP contribution is 2.30. The highest BCUT2D eigenvalue weighted by atomic mass is 16.4. The van der Waals surface area contributed by atoms with Crippen LogP contribution in [-0.2, 0) is 4.79 Å². The normalized spacial score (nSPS) is 17.1. The number of nitrogens with one attached hydrogen (secondary N) is 1. The van der Waals surface area contributed by atoms with Crippen molar-refractivity contribution in [1.82, 2.24) is 0 Å². The van der Waals surface area contributed by atoms with Gasteiger partial charge in [-0.1, -0.05) is 18.9 Å². The van der Waals surface area contributed by atoms with E-state index in [2.05, 4.69) is 5.32 Å². The van der Waals surface area contributed by atoms with Gasteiger partial charge in [0.25, 0.3) is 0 Å². The summed E-state index contributed by atoms with van der Waals surface area (Å²) < 4.78 is 0. The third kappa shape index (κ3) is 3.54. The van der Waals surface area contributed by atoms with Crippen LogP contribution < -0.4 is 11.1 Å². The van der Waals surface area contributed by atoms with E-state index in [-0.39, 0.29) is 17.9 Å². The van der Waals surface area contributed by atoms with Gasteiger partial charge in [-0.3, -0.25) is 4.79 Å². The molecule has 4 N–H and O–H groups in total. The monoisotopic (exact) mass is 262 g/mol. The lowest BCUT2D eigenvalue weighted by Gasteiger charge is -2.22. The molecule has 0 aliphatic heterocycles. The summed E-state index contributed by atoms with van der Waals surface area (Å²) in [5, 5.41) is 11.6. The molecule has 102 valence electrons. The predicted octanol–water partition coefficient (Wildman–Crippen LogP) is 1.98. The molecular weight excluding hydrogens is 244 g/mol. The molecule has 0 saturated heterocycles. The molecule has 0 heterocycles. The van der Waals surface area contributed by atoms with Crippen LogP contribution in [0.3, 0.4) is 0 Å². The van der Waals surface area contributed by atoms with Crippen molar-refractivity contribution >= 4 is 17.6 Å². The molecule has 1 amide bonds. The Morgan fingerprint density at radius 1 is 1.32 bits per heavy atom. The number of carboxylic acids is 1. The van der Waals surface area contributed by atoms with Gasteiger partial charge in [-0.05, 0) is 31.0 Å². The number of nitrogens with two attached hydrogens (primary N) is 1. The number of amides is 1. The summed E-state index contributed by atoms with van der Waals surface area (Å²) in [6, 6.07) is 6.20. The van der Waals surface area contributed by atoms with Crippen molar-refractivity contribution in [2.24, 2.45) is 5.73 Å². The first-order valence-electron chi connectivity index (χ1n) is 6.41. The lowest BCUT2D eigenvalue weighted by Crippen LogP contribution is -2.40. The van der Waals surface area contributed by atoms with E-state index < -0.39 is 11.5 Å². The SMILES string of the molecule is NC1(CC(=O)Nc2cccc(C(=O)O)c2)CCCC1. The molecule has 5 heteroatoms. The van der Waals surface area contributed by atoms with Gasteiger partial charge >= 0.3 is 5.97 Å². The first-order chi connectivity index (χ1) is 8.98. The Bertz CT molecular complexity index is 493. The van der Waals surface area contributed by atoms with E-state index in [0.717, 1.165) is 25.7 Å². The fourth-order valence-corrected chi connectivity index (χ4v) is 2.51. The minimum absolute atomic E-state index is 0.154. The third-order valence-corrected chi connectivity index (χ3v) is 3.51. The zero-order valence-corrected chi connectivity index (χ0v) is 10.7. The van der Waals surface area contributed by atoms with E-state index in [9.17, 15) is 9.59 Å². The average Bonchev–Trinajstić information content (AvgIpc) is 2.75. The Labute approximate surface area is 111 Å². The first kappa shape index (κ1) is 13.5. The molecular formula is C14H18N2O3. The second-order valence-electron chi connectivity index (χ2n) is 5.18. The number of hydrogen-bond acceptors (Lipinski definition) is 3. The molecule has 1 aromatic carbocycles. The van der Waals surface area contributed by atoms with Crippen molar-refractivity contribution in [3.05, 3.63) is 29.8 Å². The van der Waals surface area contributed by atoms with E-state index in [4.69, 9.17) is 10.8 Å². The largest absolute Gasteiger partial charge is 0.478 e. The zero-order valence-electron chi connectivity index (χ0n) is 10.7. The second-order valence-corrected chi connectivity index (χ2v) is 5.18. The van der Waals surface area contributed by atoms with Crippen molar-refractivity contribution in [2.45, 2.75) is 37.6 Å². The van der Waals surface area contributed by atoms with Gasteiger partial charge in [0.05, 0.1) is 5.56 Å². The summed E-state index contributed by atoms with van der Waals surface area (Å²) in [4.78, 5) is 22.8. The van der Waals surface area contributed by atoms with Crippen LogP contribution in [0.15, 0.2) is 24.3 Å². The first-order valence-corrected chi connectivity index (χ1v) is 6.41. The Hall–Kier alpha value is -1.88. The molecule has 19 heavy (non-hydrogen) atoms. The molecule has 1 aliphatic carbocycles. The minimum atomic E-state index is -1.01.